The van der Waals surface area contributed by atoms with Crippen LogP contribution in [0.2, 0.25) is 0 Å². The number of hydrogen-bond acceptors (Lipinski definition) is 2. The zero-order valence-corrected chi connectivity index (χ0v) is 7.11. The average molecular weight is 177 g/mol. The summed E-state index contributed by atoms with van der Waals surface area (Å²) in [6.45, 7) is 1.76. The third-order valence-corrected chi connectivity index (χ3v) is 2.30. The molecule has 0 bridgehead atoms. The van der Waals surface area contributed by atoms with Gasteiger partial charge in [-0.15, -0.1) is 0 Å². The minimum absolute atomic E-state index is 0.375. The van der Waals surface area contributed by atoms with Gasteiger partial charge in [0.1, 0.15) is 0 Å². The van der Waals surface area contributed by atoms with Crippen LogP contribution in [0.15, 0.2) is 0 Å². The molecule has 1 unspecified atom stereocenters. The Bertz CT molecular complexity index is 276. The van der Waals surface area contributed by atoms with Crippen LogP contribution >= 0.6 is 0 Å². The van der Waals surface area contributed by atoms with E-state index >= 15 is 0 Å². The summed E-state index contributed by atoms with van der Waals surface area (Å²) in [5.41, 5.74) is -0.414. The van der Waals surface area contributed by atoms with Crippen LogP contribution in [0.1, 0.15) is 19.8 Å². The van der Waals surface area contributed by atoms with Gasteiger partial charge in [-0.05, 0) is 18.7 Å². The molecular formula is C6H11NO3S. The molecule has 1 rings (SSSR count). The molecule has 0 aromatic carbocycles. The van der Waals surface area contributed by atoms with Crippen LogP contribution in [0.4, 0.5) is 0 Å². The number of hydrogen-bond donors (Lipinski definition) is 2. The molecular weight excluding hydrogens is 166 g/mol. The summed E-state index contributed by atoms with van der Waals surface area (Å²) < 4.78 is 21.2. The SMILES string of the molecule is C=S(=O)(O)NC(=O)C1(C)CC1. The second-order valence-electron chi connectivity index (χ2n) is 3.13. The molecule has 1 aliphatic carbocycles. The summed E-state index contributed by atoms with van der Waals surface area (Å²) in [4.78, 5) is 11.1. The van der Waals surface area contributed by atoms with Crippen LogP contribution in [-0.2, 0) is 14.8 Å². The van der Waals surface area contributed by atoms with Crippen LogP contribution < -0.4 is 4.72 Å². The number of carbonyl (C=O) groups is 1. The quantitative estimate of drug-likeness (QED) is 0.584. The maximum Gasteiger partial charge on any atom is 0.238 e. The molecule has 0 heterocycles. The number of amides is 1. The second-order valence-corrected chi connectivity index (χ2v) is 4.62. The third kappa shape index (κ3) is 2.20. The molecule has 4 nitrogen and oxygen atoms in total. The van der Waals surface area contributed by atoms with Gasteiger partial charge in [-0.1, -0.05) is 6.92 Å². The molecule has 1 saturated carbocycles. The van der Waals surface area contributed by atoms with Gasteiger partial charge in [0.25, 0.3) is 0 Å². The van der Waals surface area contributed by atoms with Gasteiger partial charge < -0.3 is 0 Å². The summed E-state index contributed by atoms with van der Waals surface area (Å²) in [5, 5.41) is 0. The standard InChI is InChI=1S/C6H11NO3S/c1-6(3-4-6)5(8)7-11(2,9)10/h2-4H2,1H3,(H2,7,8,9,10). The molecule has 1 atom stereocenters. The zero-order valence-electron chi connectivity index (χ0n) is 6.29. The Hall–Kier alpha value is -0.550. The van der Waals surface area contributed by atoms with Crippen molar-refractivity contribution < 1.29 is 13.6 Å². The van der Waals surface area contributed by atoms with Gasteiger partial charge in [0.2, 0.25) is 5.91 Å². The van der Waals surface area contributed by atoms with Gasteiger partial charge in [-0.25, -0.2) is 4.21 Å². The topological polar surface area (TPSA) is 66.4 Å². The van der Waals surface area contributed by atoms with E-state index in [1.807, 2.05) is 4.72 Å². The van der Waals surface area contributed by atoms with Crippen molar-refractivity contribution in [3.8, 4) is 0 Å². The van der Waals surface area contributed by atoms with E-state index in [9.17, 15) is 9.00 Å². The first-order valence-corrected chi connectivity index (χ1v) is 4.94. The highest BCUT2D eigenvalue weighted by atomic mass is 32.2. The molecule has 1 aliphatic rings. The van der Waals surface area contributed by atoms with Crippen molar-refractivity contribution in [3.63, 3.8) is 0 Å². The van der Waals surface area contributed by atoms with Gasteiger partial charge in [0, 0.05) is 5.41 Å². The van der Waals surface area contributed by atoms with E-state index in [2.05, 4.69) is 5.87 Å². The summed E-state index contributed by atoms with van der Waals surface area (Å²) in [5.74, 6) is 2.53. The van der Waals surface area contributed by atoms with Gasteiger partial charge in [0.15, 0.2) is 9.99 Å². The number of carbonyl (C=O) groups excluding carboxylic acids is 1. The lowest BCUT2D eigenvalue weighted by atomic mass is 10.1. The summed E-state index contributed by atoms with van der Waals surface area (Å²) in [6.07, 6.45) is 1.57. The first kappa shape index (κ1) is 8.55. The molecule has 64 valence electrons. The van der Waals surface area contributed by atoms with E-state index in [0.717, 1.165) is 12.8 Å². The Morgan fingerprint density at radius 1 is 1.73 bits per heavy atom. The first-order valence-electron chi connectivity index (χ1n) is 3.25. The summed E-state index contributed by atoms with van der Waals surface area (Å²) in [7, 11) is -3.37. The predicted molar refractivity (Wildman–Crippen MR) is 43.4 cm³/mol. The Balaban J connectivity index is 2.59. The fourth-order valence-electron chi connectivity index (χ4n) is 0.683. The molecule has 0 aromatic heterocycles. The van der Waals surface area contributed by atoms with Crippen molar-refractivity contribution in [1.82, 2.24) is 4.72 Å². The van der Waals surface area contributed by atoms with Gasteiger partial charge in [-0.2, -0.15) is 0 Å². The maximum absolute atomic E-state index is 11.1. The fourth-order valence-corrected chi connectivity index (χ4v) is 1.22. The first-order chi connectivity index (χ1) is 4.83. The highest BCUT2D eigenvalue weighted by molar-refractivity contribution is 7.93. The maximum atomic E-state index is 11.1. The van der Waals surface area contributed by atoms with Gasteiger partial charge in [-0.3, -0.25) is 14.1 Å². The minimum atomic E-state index is -3.37. The molecule has 5 heteroatoms. The molecule has 11 heavy (non-hydrogen) atoms. The van der Waals surface area contributed by atoms with E-state index in [0.29, 0.717) is 0 Å². The number of nitrogens with one attached hydrogen (secondary N) is 1. The lowest BCUT2D eigenvalue weighted by molar-refractivity contribution is -0.123. The molecule has 0 aliphatic heterocycles. The largest absolute Gasteiger partial charge is 0.299 e. The van der Waals surface area contributed by atoms with E-state index in [1.54, 1.807) is 6.92 Å². The molecule has 1 fully saturated rings. The van der Waals surface area contributed by atoms with Crippen LogP contribution in [-0.4, -0.2) is 20.5 Å². The molecule has 1 amide bonds. The van der Waals surface area contributed by atoms with Crippen LogP contribution in [0, 0.1) is 5.41 Å². The van der Waals surface area contributed by atoms with Gasteiger partial charge >= 0.3 is 0 Å². The van der Waals surface area contributed by atoms with E-state index in [1.165, 1.54) is 0 Å². The summed E-state index contributed by atoms with van der Waals surface area (Å²) in [6, 6.07) is 0. The van der Waals surface area contributed by atoms with E-state index < -0.39 is 15.4 Å². The van der Waals surface area contributed by atoms with E-state index in [4.69, 9.17) is 4.55 Å². The smallest absolute Gasteiger partial charge is 0.238 e. The van der Waals surface area contributed by atoms with Crippen molar-refractivity contribution in [3.05, 3.63) is 0 Å². The van der Waals surface area contributed by atoms with Gasteiger partial charge in [0.05, 0.1) is 0 Å². The van der Waals surface area contributed by atoms with Crippen LogP contribution in [0.25, 0.3) is 0 Å². The molecule has 0 spiro atoms. The second kappa shape index (κ2) is 2.22. The van der Waals surface area contributed by atoms with Crippen molar-refractivity contribution in [2.45, 2.75) is 19.8 Å². The molecule has 0 aromatic rings. The van der Waals surface area contributed by atoms with Crippen molar-refractivity contribution in [1.29, 1.82) is 0 Å². The lowest BCUT2D eigenvalue weighted by Gasteiger charge is -2.08. The highest BCUT2D eigenvalue weighted by Crippen LogP contribution is 2.45. The normalized spacial score (nSPS) is 25.3. The predicted octanol–water partition coefficient (Wildman–Crippen LogP) is 0.00710. The van der Waals surface area contributed by atoms with Crippen LogP contribution in [0.3, 0.4) is 0 Å². The monoisotopic (exact) mass is 177 g/mol. The summed E-state index contributed by atoms with van der Waals surface area (Å²) >= 11 is 0. The third-order valence-electron chi connectivity index (χ3n) is 1.80. The fraction of sp³-hybridized carbons (Fsp3) is 0.667. The minimum Gasteiger partial charge on any atom is -0.299 e. The molecule has 0 radical (unpaired) electrons. The number of rotatable bonds is 2. The highest BCUT2D eigenvalue weighted by Gasteiger charge is 2.45. The molecule has 0 saturated heterocycles. The van der Waals surface area contributed by atoms with Crippen molar-refractivity contribution in [2.24, 2.45) is 5.41 Å². The average Bonchev–Trinajstić information content (AvgIpc) is 2.44. The Kier molecular flexibility index (Phi) is 1.72. The molecule has 2 N–H and O–H groups in total. The Labute approximate surface area is 66.0 Å². The Morgan fingerprint density at radius 2 is 2.18 bits per heavy atom. The Morgan fingerprint density at radius 3 is 2.45 bits per heavy atom. The van der Waals surface area contributed by atoms with E-state index in [-0.39, 0.29) is 5.91 Å². The van der Waals surface area contributed by atoms with Crippen LogP contribution in [0.5, 0.6) is 0 Å². The zero-order chi connectivity index (χ0) is 8.70. The van der Waals surface area contributed by atoms with Crippen molar-refractivity contribution in [2.75, 3.05) is 0 Å². The lowest BCUT2D eigenvalue weighted by Crippen LogP contribution is -2.34. The van der Waals surface area contributed by atoms with Crippen molar-refractivity contribution >= 4 is 21.8 Å².